The van der Waals surface area contributed by atoms with Gasteiger partial charge in [-0.15, -0.1) is 17.0 Å². The first-order valence-corrected chi connectivity index (χ1v) is 7.72. The van der Waals surface area contributed by atoms with E-state index >= 15 is 0 Å². The molecule has 19 heavy (non-hydrogen) atoms. The summed E-state index contributed by atoms with van der Waals surface area (Å²) in [5.74, 6) is 0. The first-order valence-electron chi connectivity index (χ1n) is 7.72. The fraction of sp³-hybridized carbons (Fsp3) is 0.647. The number of likely N-dealkylation sites (tertiary alicyclic amines) is 1. The highest BCUT2D eigenvalue weighted by molar-refractivity contribution is 8.93. The largest absolute Gasteiger partial charge is 0.294 e. The first-order chi connectivity index (χ1) is 8.92. The van der Waals surface area contributed by atoms with E-state index in [1.165, 1.54) is 64.5 Å². The predicted octanol–water partition coefficient (Wildman–Crippen LogP) is 4.91. The van der Waals surface area contributed by atoms with Crippen LogP contribution in [0, 0.1) is 0 Å². The van der Waals surface area contributed by atoms with Crippen molar-refractivity contribution in [1.29, 1.82) is 0 Å². The zero-order valence-electron chi connectivity index (χ0n) is 11.8. The van der Waals surface area contributed by atoms with E-state index in [0.29, 0.717) is 5.54 Å². The third kappa shape index (κ3) is 3.05. The van der Waals surface area contributed by atoms with Gasteiger partial charge in [0.1, 0.15) is 0 Å². The fourth-order valence-corrected chi connectivity index (χ4v) is 3.99. The predicted molar refractivity (Wildman–Crippen MR) is 87.0 cm³/mol. The molecule has 1 heterocycles. The molecule has 2 aliphatic rings. The van der Waals surface area contributed by atoms with Gasteiger partial charge < -0.3 is 0 Å². The third-order valence-electron chi connectivity index (χ3n) is 4.95. The molecule has 1 aromatic carbocycles. The van der Waals surface area contributed by atoms with Gasteiger partial charge in [-0.1, -0.05) is 56.0 Å². The molecule has 2 fully saturated rings. The minimum absolute atomic E-state index is 0. The third-order valence-corrected chi connectivity index (χ3v) is 4.95. The van der Waals surface area contributed by atoms with Gasteiger partial charge in [-0.25, -0.2) is 0 Å². The molecule has 106 valence electrons. The molecule has 1 aromatic rings. The first kappa shape index (κ1) is 15.1. The molecule has 0 N–H and O–H groups in total. The Morgan fingerprint density at radius 2 is 1.32 bits per heavy atom. The van der Waals surface area contributed by atoms with Gasteiger partial charge in [0.2, 0.25) is 0 Å². The Morgan fingerprint density at radius 1 is 0.737 bits per heavy atom. The molecule has 1 aliphatic heterocycles. The Bertz CT molecular complexity index is 364. The molecule has 1 saturated heterocycles. The summed E-state index contributed by atoms with van der Waals surface area (Å²) in [6.45, 7) is 2.63. The van der Waals surface area contributed by atoms with Crippen LogP contribution in [0.5, 0.6) is 0 Å². The van der Waals surface area contributed by atoms with E-state index in [9.17, 15) is 0 Å². The average molecular weight is 324 g/mol. The van der Waals surface area contributed by atoms with E-state index in [-0.39, 0.29) is 17.0 Å². The van der Waals surface area contributed by atoms with Crippen LogP contribution in [0.25, 0.3) is 0 Å². The molecule has 0 unspecified atom stereocenters. The maximum absolute atomic E-state index is 2.81. The second kappa shape index (κ2) is 6.90. The maximum Gasteiger partial charge on any atom is 0.0460 e. The standard InChI is InChI=1S/C17H25N.BrH/c1-4-10-16(11-5-1)17(12-6-2-7-13-17)18-14-8-3-9-15-18;/h1,4-5,10-11H,2-3,6-9,12-15H2;1H. The van der Waals surface area contributed by atoms with Gasteiger partial charge in [0.15, 0.2) is 0 Å². The maximum atomic E-state index is 2.81. The lowest BCUT2D eigenvalue weighted by atomic mass is 9.74. The summed E-state index contributed by atoms with van der Waals surface area (Å²) >= 11 is 0. The van der Waals surface area contributed by atoms with Crippen LogP contribution in [0.1, 0.15) is 56.9 Å². The van der Waals surface area contributed by atoms with Crippen molar-refractivity contribution in [3.63, 3.8) is 0 Å². The van der Waals surface area contributed by atoms with E-state index in [4.69, 9.17) is 0 Å². The Kier molecular flexibility index (Phi) is 5.47. The molecule has 0 spiro atoms. The van der Waals surface area contributed by atoms with E-state index in [1.807, 2.05) is 0 Å². The lowest BCUT2D eigenvalue weighted by molar-refractivity contribution is 0.0303. The molecule has 1 nitrogen and oxygen atoms in total. The molecular weight excluding hydrogens is 298 g/mol. The van der Waals surface area contributed by atoms with Crippen LogP contribution in [0.2, 0.25) is 0 Å². The Labute approximate surface area is 128 Å². The van der Waals surface area contributed by atoms with Crippen molar-refractivity contribution in [3.05, 3.63) is 35.9 Å². The van der Waals surface area contributed by atoms with Crippen molar-refractivity contribution in [2.24, 2.45) is 0 Å². The highest BCUT2D eigenvalue weighted by Gasteiger charge is 2.39. The number of hydrogen-bond donors (Lipinski definition) is 0. The van der Waals surface area contributed by atoms with E-state index in [0.717, 1.165) is 0 Å². The molecule has 0 bridgehead atoms. The highest BCUT2D eigenvalue weighted by Crippen LogP contribution is 2.43. The monoisotopic (exact) mass is 323 g/mol. The lowest BCUT2D eigenvalue weighted by Crippen LogP contribution is -2.49. The van der Waals surface area contributed by atoms with E-state index in [2.05, 4.69) is 35.2 Å². The molecule has 1 saturated carbocycles. The minimum atomic E-state index is 0. The van der Waals surface area contributed by atoms with Crippen LogP contribution in [0.3, 0.4) is 0 Å². The van der Waals surface area contributed by atoms with Crippen LogP contribution in [0.4, 0.5) is 0 Å². The van der Waals surface area contributed by atoms with Crippen molar-refractivity contribution in [2.45, 2.75) is 56.9 Å². The number of halogens is 1. The van der Waals surface area contributed by atoms with Gasteiger partial charge in [-0.2, -0.15) is 0 Å². The lowest BCUT2D eigenvalue weighted by Gasteiger charge is -2.48. The van der Waals surface area contributed by atoms with Crippen molar-refractivity contribution in [1.82, 2.24) is 4.90 Å². The topological polar surface area (TPSA) is 3.24 Å². The number of hydrogen-bond acceptors (Lipinski definition) is 1. The molecule has 0 amide bonds. The van der Waals surface area contributed by atoms with Crippen molar-refractivity contribution in [2.75, 3.05) is 13.1 Å². The van der Waals surface area contributed by atoms with Gasteiger partial charge in [-0.05, 0) is 44.3 Å². The molecule has 1 aliphatic carbocycles. The number of benzene rings is 1. The summed E-state index contributed by atoms with van der Waals surface area (Å²) in [5.41, 5.74) is 1.95. The van der Waals surface area contributed by atoms with Gasteiger partial charge in [0, 0.05) is 5.54 Å². The minimum Gasteiger partial charge on any atom is -0.294 e. The molecular formula is C17H26BrN. The summed E-state index contributed by atoms with van der Waals surface area (Å²) in [6.07, 6.45) is 11.2. The SMILES string of the molecule is Br.c1ccc(C2(N3CCCCC3)CCCCC2)cc1. The summed E-state index contributed by atoms with van der Waals surface area (Å²) in [7, 11) is 0. The zero-order valence-corrected chi connectivity index (χ0v) is 13.5. The van der Waals surface area contributed by atoms with Crippen LogP contribution < -0.4 is 0 Å². The number of piperidine rings is 1. The van der Waals surface area contributed by atoms with Gasteiger partial charge in [-0.3, -0.25) is 4.90 Å². The smallest absolute Gasteiger partial charge is 0.0460 e. The normalized spacial score (nSPS) is 23.6. The fourth-order valence-electron chi connectivity index (χ4n) is 3.99. The van der Waals surface area contributed by atoms with Gasteiger partial charge >= 0.3 is 0 Å². The van der Waals surface area contributed by atoms with Crippen LogP contribution in [0.15, 0.2) is 30.3 Å². The molecule has 0 aromatic heterocycles. The summed E-state index contributed by atoms with van der Waals surface area (Å²) in [5, 5.41) is 0. The van der Waals surface area contributed by atoms with Crippen LogP contribution in [-0.2, 0) is 5.54 Å². The molecule has 2 heteroatoms. The van der Waals surface area contributed by atoms with Crippen LogP contribution in [-0.4, -0.2) is 18.0 Å². The van der Waals surface area contributed by atoms with Crippen LogP contribution >= 0.6 is 17.0 Å². The number of rotatable bonds is 2. The summed E-state index contributed by atoms with van der Waals surface area (Å²) in [6, 6.07) is 11.3. The zero-order chi connectivity index (χ0) is 12.3. The average Bonchev–Trinajstić information content (AvgIpc) is 2.50. The van der Waals surface area contributed by atoms with Crippen molar-refractivity contribution >= 4 is 17.0 Å². The van der Waals surface area contributed by atoms with E-state index in [1.54, 1.807) is 5.56 Å². The molecule has 3 rings (SSSR count). The Morgan fingerprint density at radius 3 is 1.95 bits per heavy atom. The van der Waals surface area contributed by atoms with E-state index < -0.39 is 0 Å². The second-order valence-corrected chi connectivity index (χ2v) is 6.01. The summed E-state index contributed by atoms with van der Waals surface area (Å²) < 4.78 is 0. The Balaban J connectivity index is 0.00000133. The van der Waals surface area contributed by atoms with Gasteiger partial charge in [0.05, 0.1) is 0 Å². The quantitative estimate of drug-likeness (QED) is 0.747. The molecule has 0 atom stereocenters. The summed E-state index contributed by atoms with van der Waals surface area (Å²) in [4.78, 5) is 2.81. The van der Waals surface area contributed by atoms with Crippen molar-refractivity contribution in [3.8, 4) is 0 Å². The highest BCUT2D eigenvalue weighted by atomic mass is 79.9. The van der Waals surface area contributed by atoms with Gasteiger partial charge in [0.25, 0.3) is 0 Å². The van der Waals surface area contributed by atoms with Crippen molar-refractivity contribution < 1.29 is 0 Å². The Hall–Kier alpha value is -0.340. The molecule has 0 radical (unpaired) electrons. The second-order valence-electron chi connectivity index (χ2n) is 6.01. The number of nitrogens with zero attached hydrogens (tertiary/aromatic N) is 1.